The first-order valence-corrected chi connectivity index (χ1v) is 11.7. The predicted octanol–water partition coefficient (Wildman–Crippen LogP) is 6.61. The van der Waals surface area contributed by atoms with Crippen LogP contribution in [0.2, 0.25) is 5.02 Å². The summed E-state index contributed by atoms with van der Waals surface area (Å²) in [6.45, 7) is 3.82. The molecule has 4 aliphatic rings. The Morgan fingerprint density at radius 3 is 2.31 bits per heavy atom. The molecule has 2 nitrogen and oxygen atoms in total. The second-order valence-electron chi connectivity index (χ2n) is 9.91. The molecule has 0 aliphatic heterocycles. The maximum absolute atomic E-state index is 6.32. The van der Waals surface area contributed by atoms with Crippen LogP contribution in [0.25, 0.3) is 0 Å². The molecular weight excluding hydrogens is 378 g/mol. The number of rotatable bonds is 7. The normalized spacial score (nSPS) is 31.0. The van der Waals surface area contributed by atoms with Gasteiger partial charge in [-0.3, -0.25) is 0 Å². The Morgan fingerprint density at radius 2 is 1.66 bits per heavy atom. The summed E-state index contributed by atoms with van der Waals surface area (Å²) in [4.78, 5) is 0. The molecule has 1 atom stereocenters. The third-order valence-electron chi connectivity index (χ3n) is 7.86. The van der Waals surface area contributed by atoms with E-state index in [1.807, 2.05) is 18.2 Å². The number of halogens is 1. The Balaban J connectivity index is 1.26. The molecule has 29 heavy (non-hydrogen) atoms. The van der Waals surface area contributed by atoms with Gasteiger partial charge in [-0.2, -0.15) is 0 Å². The van der Waals surface area contributed by atoms with Crippen LogP contribution in [0.5, 0.6) is 5.75 Å². The molecule has 0 radical (unpaired) electrons. The number of ether oxygens (including phenoxy) is 1. The molecule has 3 heteroatoms. The summed E-state index contributed by atoms with van der Waals surface area (Å²) in [5.74, 6) is 3.90. The molecule has 0 unspecified atom stereocenters. The largest absolute Gasteiger partial charge is 0.489 e. The summed E-state index contributed by atoms with van der Waals surface area (Å²) in [6.07, 6.45) is 8.79. The van der Waals surface area contributed by atoms with Crippen molar-refractivity contribution in [3.05, 3.63) is 64.7 Å². The van der Waals surface area contributed by atoms with Crippen molar-refractivity contribution in [1.29, 1.82) is 0 Å². The zero-order valence-electron chi connectivity index (χ0n) is 17.4. The fraction of sp³-hybridized carbons (Fsp3) is 0.538. The fourth-order valence-electron chi connectivity index (χ4n) is 6.75. The van der Waals surface area contributed by atoms with Crippen LogP contribution in [0.1, 0.15) is 56.6 Å². The molecule has 0 saturated heterocycles. The highest BCUT2D eigenvalue weighted by Gasteiger charge is 2.52. The van der Waals surface area contributed by atoms with Crippen LogP contribution in [0, 0.1) is 23.2 Å². The smallest absolute Gasteiger partial charge is 0.124 e. The molecule has 4 bridgehead atoms. The Bertz CT molecular complexity index is 814. The average molecular weight is 410 g/mol. The molecule has 6 rings (SSSR count). The summed E-state index contributed by atoms with van der Waals surface area (Å²) in [7, 11) is 0. The van der Waals surface area contributed by atoms with Gasteiger partial charge in [0.15, 0.2) is 0 Å². The first-order valence-electron chi connectivity index (χ1n) is 11.3. The molecule has 2 aromatic carbocycles. The first-order chi connectivity index (χ1) is 14.1. The maximum atomic E-state index is 6.32. The predicted molar refractivity (Wildman–Crippen MR) is 119 cm³/mol. The van der Waals surface area contributed by atoms with Gasteiger partial charge in [-0.05, 0) is 92.4 Å². The summed E-state index contributed by atoms with van der Waals surface area (Å²) >= 11 is 6.32. The molecular formula is C26H32ClNO. The van der Waals surface area contributed by atoms with Crippen LogP contribution in [0.4, 0.5) is 0 Å². The second-order valence-corrected chi connectivity index (χ2v) is 10.3. The lowest BCUT2D eigenvalue weighted by molar-refractivity contribution is -0.0706. The van der Waals surface area contributed by atoms with Gasteiger partial charge in [0, 0.05) is 23.2 Å². The first kappa shape index (κ1) is 19.5. The molecule has 154 valence electrons. The lowest BCUT2D eigenvalue weighted by atomic mass is 9.48. The Labute approximate surface area is 180 Å². The zero-order chi connectivity index (χ0) is 19.8. The SMILES string of the molecule is C[C@H](NCc1cc(Cl)ccc1OCc1ccccc1)C12CC3CC(CC(C3)C1)C2. The van der Waals surface area contributed by atoms with Crippen LogP contribution in [0.3, 0.4) is 0 Å². The molecule has 1 N–H and O–H groups in total. The van der Waals surface area contributed by atoms with Gasteiger partial charge >= 0.3 is 0 Å². The van der Waals surface area contributed by atoms with E-state index in [2.05, 4.69) is 42.6 Å². The Kier molecular flexibility index (Phi) is 5.34. The summed E-state index contributed by atoms with van der Waals surface area (Å²) in [6, 6.07) is 16.9. The molecule has 4 aliphatic carbocycles. The second kappa shape index (κ2) is 7.96. The van der Waals surface area contributed by atoms with Crippen molar-refractivity contribution in [2.24, 2.45) is 23.2 Å². The van der Waals surface area contributed by atoms with Gasteiger partial charge in [-0.15, -0.1) is 0 Å². The van der Waals surface area contributed by atoms with Gasteiger partial charge in [0.25, 0.3) is 0 Å². The van der Waals surface area contributed by atoms with Crippen LogP contribution >= 0.6 is 11.6 Å². The fourth-order valence-corrected chi connectivity index (χ4v) is 6.94. The van der Waals surface area contributed by atoms with Gasteiger partial charge in [-0.1, -0.05) is 41.9 Å². The van der Waals surface area contributed by atoms with E-state index in [1.54, 1.807) is 0 Å². The van der Waals surface area contributed by atoms with Crippen molar-refractivity contribution in [3.8, 4) is 5.75 Å². The van der Waals surface area contributed by atoms with Crippen molar-refractivity contribution in [3.63, 3.8) is 0 Å². The Morgan fingerprint density at radius 1 is 1.00 bits per heavy atom. The standard InChI is InChI=1S/C26H32ClNO/c1-18(26-13-20-9-21(14-26)11-22(10-20)15-26)28-16-23-12-24(27)7-8-25(23)29-17-19-5-3-2-4-6-19/h2-8,12,18,20-22,28H,9-11,13-17H2,1H3/t18-,20?,21?,22?,26?/m0/s1. The van der Waals surface area contributed by atoms with Crippen LogP contribution in [-0.4, -0.2) is 6.04 Å². The lowest BCUT2D eigenvalue weighted by Gasteiger charge is -2.59. The van der Waals surface area contributed by atoms with Gasteiger partial charge in [0.05, 0.1) is 0 Å². The van der Waals surface area contributed by atoms with Gasteiger partial charge < -0.3 is 10.1 Å². The number of hydrogen-bond donors (Lipinski definition) is 1. The molecule has 4 fully saturated rings. The van der Waals surface area contributed by atoms with E-state index in [9.17, 15) is 0 Å². The molecule has 0 aromatic heterocycles. The number of nitrogens with one attached hydrogen (secondary N) is 1. The minimum atomic E-state index is 0.512. The van der Waals surface area contributed by atoms with Crippen molar-refractivity contribution in [2.75, 3.05) is 0 Å². The van der Waals surface area contributed by atoms with Crippen LogP contribution < -0.4 is 10.1 Å². The van der Waals surface area contributed by atoms with Gasteiger partial charge in [-0.25, -0.2) is 0 Å². The minimum Gasteiger partial charge on any atom is -0.489 e. The average Bonchev–Trinajstić information content (AvgIpc) is 2.71. The van der Waals surface area contributed by atoms with Crippen molar-refractivity contribution >= 4 is 11.6 Å². The van der Waals surface area contributed by atoms with Crippen molar-refractivity contribution in [1.82, 2.24) is 5.32 Å². The lowest BCUT2D eigenvalue weighted by Crippen LogP contribution is -2.54. The van der Waals surface area contributed by atoms with Crippen LogP contribution in [-0.2, 0) is 13.2 Å². The Hall–Kier alpha value is -1.51. The van der Waals surface area contributed by atoms with Crippen molar-refractivity contribution in [2.45, 2.75) is 64.6 Å². The van der Waals surface area contributed by atoms with E-state index in [1.165, 1.54) is 44.1 Å². The minimum absolute atomic E-state index is 0.512. The van der Waals surface area contributed by atoms with Gasteiger partial charge in [0.1, 0.15) is 12.4 Å². The van der Waals surface area contributed by atoms with Crippen molar-refractivity contribution < 1.29 is 4.74 Å². The van der Waals surface area contributed by atoms with E-state index in [4.69, 9.17) is 16.3 Å². The highest BCUT2D eigenvalue weighted by atomic mass is 35.5. The quantitative estimate of drug-likeness (QED) is 0.555. The van der Waals surface area contributed by atoms with E-state index >= 15 is 0 Å². The van der Waals surface area contributed by atoms with E-state index in [0.29, 0.717) is 18.1 Å². The highest BCUT2D eigenvalue weighted by Crippen LogP contribution is 2.61. The number of benzene rings is 2. The van der Waals surface area contributed by atoms with E-state index in [-0.39, 0.29) is 0 Å². The molecule has 2 aromatic rings. The third kappa shape index (κ3) is 4.07. The van der Waals surface area contributed by atoms with E-state index < -0.39 is 0 Å². The third-order valence-corrected chi connectivity index (χ3v) is 8.10. The maximum Gasteiger partial charge on any atom is 0.124 e. The molecule has 0 heterocycles. The monoisotopic (exact) mass is 409 g/mol. The summed E-state index contributed by atoms with van der Waals surface area (Å²) < 4.78 is 6.16. The van der Waals surface area contributed by atoms with E-state index in [0.717, 1.165) is 40.6 Å². The number of hydrogen-bond acceptors (Lipinski definition) is 2. The zero-order valence-corrected chi connectivity index (χ0v) is 18.1. The summed E-state index contributed by atoms with van der Waals surface area (Å²) in [5, 5.41) is 4.66. The van der Waals surface area contributed by atoms with Gasteiger partial charge in [0.2, 0.25) is 0 Å². The molecule has 4 saturated carbocycles. The summed E-state index contributed by atoms with van der Waals surface area (Å²) in [5.41, 5.74) is 2.85. The van der Waals surface area contributed by atoms with Crippen LogP contribution in [0.15, 0.2) is 48.5 Å². The topological polar surface area (TPSA) is 21.3 Å². The molecule has 0 spiro atoms. The molecule has 0 amide bonds. The highest BCUT2D eigenvalue weighted by molar-refractivity contribution is 6.30.